The Balaban J connectivity index is 4.13. The second-order valence-corrected chi connectivity index (χ2v) is 2.99. The number of hydrogen-bond donors (Lipinski definition) is 0. The lowest BCUT2D eigenvalue weighted by Crippen LogP contribution is -2.30. The van der Waals surface area contributed by atoms with Crippen LogP contribution in [0.1, 0.15) is 20.8 Å². The number of rotatable bonds is 4. The number of nitrogens with zero attached hydrogens (tertiary/aromatic N) is 2. The van der Waals surface area contributed by atoms with Gasteiger partial charge in [-0.3, -0.25) is 4.99 Å². The third-order valence-electron chi connectivity index (χ3n) is 1.89. The van der Waals surface area contributed by atoms with Crippen LogP contribution in [-0.4, -0.2) is 24.3 Å². The van der Waals surface area contributed by atoms with Crippen molar-refractivity contribution >= 4 is 6.34 Å². The SMILES string of the molecule is C=CN(C=NC)C(C)C(C)C. The van der Waals surface area contributed by atoms with Crippen molar-refractivity contribution in [3.63, 3.8) is 0 Å². The molecule has 1 atom stereocenters. The third-order valence-corrected chi connectivity index (χ3v) is 1.89. The van der Waals surface area contributed by atoms with Crippen LogP contribution < -0.4 is 0 Å². The van der Waals surface area contributed by atoms with E-state index in [2.05, 4.69) is 32.3 Å². The first-order chi connectivity index (χ1) is 5.13. The molecule has 0 amide bonds. The van der Waals surface area contributed by atoms with Crippen molar-refractivity contribution in [2.45, 2.75) is 26.8 Å². The zero-order valence-electron chi connectivity index (χ0n) is 7.91. The average Bonchev–Trinajstić information content (AvgIpc) is 1.98. The number of hydrogen-bond acceptors (Lipinski definition) is 1. The van der Waals surface area contributed by atoms with E-state index in [9.17, 15) is 0 Å². The molecule has 0 saturated carbocycles. The first-order valence-corrected chi connectivity index (χ1v) is 3.95. The maximum atomic E-state index is 3.94. The fourth-order valence-corrected chi connectivity index (χ4v) is 0.796. The molecule has 0 rings (SSSR count). The highest BCUT2D eigenvalue weighted by atomic mass is 15.2. The lowest BCUT2D eigenvalue weighted by Gasteiger charge is -2.25. The molecule has 0 aromatic heterocycles. The van der Waals surface area contributed by atoms with Crippen LogP contribution in [0.5, 0.6) is 0 Å². The summed E-state index contributed by atoms with van der Waals surface area (Å²) in [6.45, 7) is 10.2. The Morgan fingerprint density at radius 1 is 1.36 bits per heavy atom. The summed E-state index contributed by atoms with van der Waals surface area (Å²) in [5.41, 5.74) is 0. The van der Waals surface area contributed by atoms with Crippen LogP contribution >= 0.6 is 0 Å². The van der Waals surface area contributed by atoms with E-state index in [0.717, 1.165) is 0 Å². The second-order valence-electron chi connectivity index (χ2n) is 2.99. The van der Waals surface area contributed by atoms with Crippen LogP contribution in [0.2, 0.25) is 0 Å². The van der Waals surface area contributed by atoms with Gasteiger partial charge in [0.05, 0.1) is 6.34 Å². The fourth-order valence-electron chi connectivity index (χ4n) is 0.796. The van der Waals surface area contributed by atoms with Crippen molar-refractivity contribution in [2.75, 3.05) is 7.05 Å². The molecule has 0 aliphatic heterocycles. The van der Waals surface area contributed by atoms with Gasteiger partial charge in [0.2, 0.25) is 0 Å². The van der Waals surface area contributed by atoms with Crippen LogP contribution in [0.15, 0.2) is 17.8 Å². The van der Waals surface area contributed by atoms with E-state index in [1.807, 2.05) is 4.90 Å². The quantitative estimate of drug-likeness (QED) is 0.447. The summed E-state index contributed by atoms with van der Waals surface area (Å²) in [6.07, 6.45) is 3.61. The van der Waals surface area contributed by atoms with Gasteiger partial charge >= 0.3 is 0 Å². The van der Waals surface area contributed by atoms with Crippen LogP contribution in [0.4, 0.5) is 0 Å². The zero-order chi connectivity index (χ0) is 8.85. The van der Waals surface area contributed by atoms with Crippen LogP contribution in [-0.2, 0) is 0 Å². The first kappa shape index (κ1) is 10.2. The van der Waals surface area contributed by atoms with Gasteiger partial charge in [0.1, 0.15) is 0 Å². The van der Waals surface area contributed by atoms with Gasteiger partial charge in [0, 0.05) is 13.1 Å². The van der Waals surface area contributed by atoms with Gasteiger partial charge in [-0.25, -0.2) is 0 Å². The van der Waals surface area contributed by atoms with Gasteiger partial charge in [0.15, 0.2) is 0 Å². The largest absolute Gasteiger partial charge is 0.337 e. The second kappa shape index (κ2) is 4.94. The monoisotopic (exact) mass is 154 g/mol. The predicted octanol–water partition coefficient (Wildman–Crippen LogP) is 2.13. The molecule has 2 heteroatoms. The molecule has 64 valence electrons. The Morgan fingerprint density at radius 3 is 2.18 bits per heavy atom. The zero-order valence-corrected chi connectivity index (χ0v) is 7.91. The molecule has 0 heterocycles. The molecule has 0 fully saturated rings. The lowest BCUT2D eigenvalue weighted by molar-refractivity contribution is 0.343. The van der Waals surface area contributed by atoms with Gasteiger partial charge in [0.25, 0.3) is 0 Å². The summed E-state index contributed by atoms with van der Waals surface area (Å²) in [5.74, 6) is 0.617. The molecular weight excluding hydrogens is 136 g/mol. The lowest BCUT2D eigenvalue weighted by atomic mass is 10.1. The Morgan fingerprint density at radius 2 is 1.91 bits per heavy atom. The molecule has 0 aliphatic carbocycles. The van der Waals surface area contributed by atoms with Gasteiger partial charge < -0.3 is 4.90 Å². The minimum absolute atomic E-state index is 0.469. The average molecular weight is 154 g/mol. The minimum atomic E-state index is 0.469. The highest BCUT2D eigenvalue weighted by Crippen LogP contribution is 2.07. The number of aliphatic imine (C=N–C) groups is 1. The molecule has 0 aromatic rings. The maximum absolute atomic E-state index is 3.94. The van der Waals surface area contributed by atoms with Crippen molar-refractivity contribution in [2.24, 2.45) is 10.9 Å². The fraction of sp³-hybridized carbons (Fsp3) is 0.667. The van der Waals surface area contributed by atoms with E-state index >= 15 is 0 Å². The highest BCUT2D eigenvalue weighted by Gasteiger charge is 2.10. The summed E-state index contributed by atoms with van der Waals surface area (Å²) >= 11 is 0. The van der Waals surface area contributed by atoms with E-state index in [1.165, 1.54) is 0 Å². The standard InChI is InChI=1S/C9H18N2/c1-6-11(7-10-5)9(4)8(2)3/h6-9H,1H2,2-5H3. The van der Waals surface area contributed by atoms with Crippen molar-refractivity contribution < 1.29 is 0 Å². The van der Waals surface area contributed by atoms with Gasteiger partial charge in [-0.15, -0.1) is 0 Å². The molecule has 0 spiro atoms. The minimum Gasteiger partial charge on any atom is -0.337 e. The first-order valence-electron chi connectivity index (χ1n) is 3.95. The summed E-state index contributed by atoms with van der Waals surface area (Å²) in [6, 6.07) is 0.469. The Hall–Kier alpha value is -0.790. The molecule has 0 radical (unpaired) electrons. The summed E-state index contributed by atoms with van der Waals surface area (Å²) in [7, 11) is 1.77. The van der Waals surface area contributed by atoms with E-state index in [1.54, 1.807) is 19.6 Å². The molecule has 0 bridgehead atoms. The molecular formula is C9H18N2. The Labute approximate surface area is 69.6 Å². The maximum Gasteiger partial charge on any atom is 0.0888 e. The van der Waals surface area contributed by atoms with E-state index in [4.69, 9.17) is 0 Å². The Bertz CT molecular complexity index is 138. The van der Waals surface area contributed by atoms with Crippen molar-refractivity contribution in [3.05, 3.63) is 12.8 Å². The van der Waals surface area contributed by atoms with E-state index in [-0.39, 0.29) is 0 Å². The van der Waals surface area contributed by atoms with Crippen molar-refractivity contribution in [1.29, 1.82) is 0 Å². The molecule has 0 aliphatic rings. The topological polar surface area (TPSA) is 15.6 Å². The van der Waals surface area contributed by atoms with Gasteiger partial charge in [-0.2, -0.15) is 0 Å². The normalized spacial score (nSPS) is 13.9. The summed E-state index contributed by atoms with van der Waals surface area (Å²) in [4.78, 5) is 5.96. The summed E-state index contributed by atoms with van der Waals surface area (Å²) < 4.78 is 0. The summed E-state index contributed by atoms with van der Waals surface area (Å²) in [5, 5.41) is 0. The van der Waals surface area contributed by atoms with Gasteiger partial charge in [-0.1, -0.05) is 20.4 Å². The molecule has 1 unspecified atom stereocenters. The van der Waals surface area contributed by atoms with Gasteiger partial charge in [-0.05, 0) is 19.0 Å². The van der Waals surface area contributed by atoms with Crippen molar-refractivity contribution in [3.8, 4) is 0 Å². The van der Waals surface area contributed by atoms with E-state index in [0.29, 0.717) is 12.0 Å². The smallest absolute Gasteiger partial charge is 0.0888 e. The molecule has 11 heavy (non-hydrogen) atoms. The highest BCUT2D eigenvalue weighted by molar-refractivity contribution is 5.56. The predicted molar refractivity (Wildman–Crippen MR) is 50.8 cm³/mol. The Kier molecular flexibility index (Phi) is 4.59. The van der Waals surface area contributed by atoms with Crippen LogP contribution in [0.25, 0.3) is 0 Å². The molecule has 0 aromatic carbocycles. The van der Waals surface area contributed by atoms with Crippen molar-refractivity contribution in [1.82, 2.24) is 4.90 Å². The third kappa shape index (κ3) is 3.21. The molecule has 0 saturated heterocycles. The molecule has 0 N–H and O–H groups in total. The van der Waals surface area contributed by atoms with E-state index < -0.39 is 0 Å². The van der Waals surface area contributed by atoms with Crippen LogP contribution in [0, 0.1) is 5.92 Å². The molecule has 2 nitrogen and oxygen atoms in total. The van der Waals surface area contributed by atoms with Crippen LogP contribution in [0.3, 0.4) is 0 Å².